The molecule has 4 heteroatoms. The normalized spacial score (nSPS) is 18.5. The summed E-state index contributed by atoms with van der Waals surface area (Å²) in [5.74, 6) is 0.545. The number of alkyl halides is 1. The molecule has 0 spiro atoms. The Labute approximate surface area is 227 Å². The predicted molar refractivity (Wildman–Crippen MR) is 149 cm³/mol. The van der Waals surface area contributed by atoms with Gasteiger partial charge < -0.3 is 17.3 Å². The van der Waals surface area contributed by atoms with Crippen molar-refractivity contribution in [2.75, 3.05) is 11.9 Å². The lowest BCUT2D eigenvalue weighted by molar-refractivity contribution is -0.401. The molecule has 0 saturated carbocycles. The van der Waals surface area contributed by atoms with Crippen LogP contribution in [0.3, 0.4) is 0 Å². The van der Waals surface area contributed by atoms with Crippen LogP contribution >= 0.6 is 11.6 Å². The summed E-state index contributed by atoms with van der Waals surface area (Å²) in [5.41, 5.74) is 10.3. The first kappa shape index (κ1) is 26.3. The molecule has 0 unspecified atom stereocenters. The average Bonchev–Trinajstić information content (AvgIpc) is 3.19. The lowest BCUT2D eigenvalue weighted by Crippen LogP contribution is -3.00. The van der Waals surface area contributed by atoms with Gasteiger partial charge in [-0.05, 0) is 42.7 Å². The molecule has 0 fully saturated rings. The molecule has 0 N–H and O–H groups in total. The zero-order valence-corrected chi connectivity index (χ0v) is 23.2. The molecule has 2 aliphatic rings. The lowest BCUT2D eigenvalue weighted by atomic mass is 9.81. The topological polar surface area (TPSA) is 6.25 Å². The van der Waals surface area contributed by atoms with Crippen LogP contribution in [0.2, 0.25) is 0 Å². The van der Waals surface area contributed by atoms with Crippen LogP contribution in [0.25, 0.3) is 0 Å². The molecule has 3 aromatic carbocycles. The van der Waals surface area contributed by atoms with Gasteiger partial charge in [-0.2, -0.15) is 4.58 Å². The number of halogens is 2. The standard InChI is InChI=1S/C32H34ClN2.ClH/c1-31(2)25-11-6-8-13-27(25)34(5)29(31)15-10-16-30-32(3,4)26-12-7-9-14-28(26)35(30)22-24-19-17-23(21-33)18-20-24;/h6-20H,21-22H2,1-5H3;1H/q+1;/p-1. The van der Waals surface area contributed by atoms with E-state index in [0.717, 1.165) is 12.1 Å². The van der Waals surface area contributed by atoms with E-state index in [9.17, 15) is 0 Å². The van der Waals surface area contributed by atoms with E-state index in [1.807, 2.05) is 0 Å². The fourth-order valence-corrected chi connectivity index (χ4v) is 5.94. The molecule has 0 amide bonds. The second-order valence-electron chi connectivity index (χ2n) is 10.7. The first-order valence-electron chi connectivity index (χ1n) is 12.4. The Kier molecular flexibility index (Phi) is 7.23. The minimum atomic E-state index is -0.0816. The van der Waals surface area contributed by atoms with Crippen LogP contribution in [0.4, 0.5) is 11.4 Å². The molecule has 0 atom stereocenters. The minimum Gasteiger partial charge on any atom is -1.00 e. The van der Waals surface area contributed by atoms with Gasteiger partial charge in [-0.25, -0.2) is 0 Å². The maximum atomic E-state index is 6.02. The third-order valence-electron chi connectivity index (χ3n) is 7.77. The van der Waals surface area contributed by atoms with Gasteiger partial charge in [0, 0.05) is 46.9 Å². The highest BCUT2D eigenvalue weighted by atomic mass is 35.5. The number of fused-ring (bicyclic) bond motifs is 2. The van der Waals surface area contributed by atoms with Gasteiger partial charge in [0.05, 0.1) is 5.41 Å². The van der Waals surface area contributed by atoms with Gasteiger partial charge in [0.15, 0.2) is 5.71 Å². The fourth-order valence-electron chi connectivity index (χ4n) is 5.76. The highest BCUT2D eigenvalue weighted by Crippen LogP contribution is 2.48. The molecule has 2 aliphatic heterocycles. The van der Waals surface area contributed by atoms with Crippen LogP contribution in [0.5, 0.6) is 0 Å². The second kappa shape index (κ2) is 9.92. The van der Waals surface area contributed by atoms with Crippen LogP contribution in [-0.2, 0) is 23.3 Å². The molecule has 0 bridgehead atoms. The molecule has 3 aromatic rings. The van der Waals surface area contributed by atoms with Gasteiger partial charge in [-0.1, -0.05) is 80.6 Å². The Morgan fingerprint density at radius 2 is 1.42 bits per heavy atom. The van der Waals surface area contributed by atoms with E-state index in [4.69, 9.17) is 11.6 Å². The molecule has 0 radical (unpaired) electrons. The Morgan fingerprint density at radius 1 is 0.806 bits per heavy atom. The van der Waals surface area contributed by atoms with Crippen molar-refractivity contribution < 1.29 is 17.0 Å². The molecule has 5 rings (SSSR count). The second-order valence-corrected chi connectivity index (χ2v) is 10.9. The Bertz CT molecular complexity index is 1360. The summed E-state index contributed by atoms with van der Waals surface area (Å²) in [5, 5.41) is 0. The number of hydrogen-bond acceptors (Lipinski definition) is 1. The van der Waals surface area contributed by atoms with E-state index in [1.165, 1.54) is 39.5 Å². The van der Waals surface area contributed by atoms with Gasteiger partial charge in [0.1, 0.15) is 7.05 Å². The molecule has 186 valence electrons. The molecular formula is C32H34Cl2N2. The van der Waals surface area contributed by atoms with Crippen molar-refractivity contribution in [3.05, 3.63) is 119 Å². The fraction of sp³-hybridized carbons (Fsp3) is 0.281. The summed E-state index contributed by atoms with van der Waals surface area (Å²) in [6.07, 6.45) is 6.85. The Balaban J connectivity index is 0.00000304. The summed E-state index contributed by atoms with van der Waals surface area (Å²) >= 11 is 6.02. The van der Waals surface area contributed by atoms with Crippen molar-refractivity contribution in [1.29, 1.82) is 0 Å². The van der Waals surface area contributed by atoms with Gasteiger partial charge in [-0.15, -0.1) is 11.6 Å². The smallest absolute Gasteiger partial charge is 0.209 e. The van der Waals surface area contributed by atoms with Gasteiger partial charge in [0.25, 0.3) is 0 Å². The third kappa shape index (κ3) is 4.31. The van der Waals surface area contributed by atoms with Crippen LogP contribution < -0.4 is 17.3 Å². The zero-order valence-electron chi connectivity index (χ0n) is 21.7. The maximum Gasteiger partial charge on any atom is 0.209 e. The third-order valence-corrected chi connectivity index (χ3v) is 8.07. The number of hydrogen-bond donors (Lipinski definition) is 0. The average molecular weight is 518 g/mol. The van der Waals surface area contributed by atoms with E-state index in [0.29, 0.717) is 5.88 Å². The molecule has 0 saturated heterocycles. The zero-order chi connectivity index (χ0) is 24.8. The summed E-state index contributed by atoms with van der Waals surface area (Å²) in [7, 11) is 2.17. The monoisotopic (exact) mass is 516 g/mol. The van der Waals surface area contributed by atoms with Crippen molar-refractivity contribution >= 4 is 28.7 Å². The van der Waals surface area contributed by atoms with E-state index in [1.54, 1.807) is 0 Å². The quantitative estimate of drug-likeness (QED) is 0.346. The molecular weight excluding hydrogens is 483 g/mol. The van der Waals surface area contributed by atoms with Crippen molar-refractivity contribution in [3.8, 4) is 0 Å². The van der Waals surface area contributed by atoms with E-state index in [2.05, 4.69) is 135 Å². The van der Waals surface area contributed by atoms with Crippen molar-refractivity contribution in [1.82, 2.24) is 0 Å². The predicted octanol–water partition coefficient (Wildman–Crippen LogP) is 4.87. The molecule has 2 nitrogen and oxygen atoms in total. The van der Waals surface area contributed by atoms with E-state index >= 15 is 0 Å². The number of benzene rings is 3. The highest BCUT2D eigenvalue weighted by molar-refractivity contribution is 6.17. The Hall–Kier alpha value is -2.81. The highest BCUT2D eigenvalue weighted by Gasteiger charge is 2.43. The summed E-state index contributed by atoms with van der Waals surface area (Å²) in [6, 6.07) is 26.2. The summed E-state index contributed by atoms with van der Waals surface area (Å²) < 4.78 is 2.33. The lowest BCUT2D eigenvalue weighted by Gasteiger charge is -2.27. The number of allylic oxidation sites excluding steroid dienone is 4. The van der Waals surface area contributed by atoms with Crippen molar-refractivity contribution in [2.45, 2.75) is 50.9 Å². The van der Waals surface area contributed by atoms with E-state index < -0.39 is 0 Å². The largest absolute Gasteiger partial charge is 1.00 e. The van der Waals surface area contributed by atoms with E-state index in [-0.39, 0.29) is 23.2 Å². The van der Waals surface area contributed by atoms with Crippen LogP contribution in [0, 0.1) is 0 Å². The van der Waals surface area contributed by atoms with Crippen LogP contribution in [0.1, 0.15) is 49.9 Å². The first-order chi connectivity index (χ1) is 16.7. The molecule has 0 aromatic heterocycles. The first-order valence-corrected chi connectivity index (χ1v) is 12.9. The molecule has 2 heterocycles. The van der Waals surface area contributed by atoms with Crippen molar-refractivity contribution in [3.63, 3.8) is 0 Å². The van der Waals surface area contributed by atoms with Crippen LogP contribution in [0.15, 0.2) is 96.7 Å². The molecule has 0 aliphatic carbocycles. The minimum absolute atomic E-state index is 0. The number of rotatable bonds is 5. The van der Waals surface area contributed by atoms with Crippen molar-refractivity contribution in [2.24, 2.45) is 0 Å². The number of para-hydroxylation sites is 2. The Morgan fingerprint density at radius 3 is 2.08 bits per heavy atom. The summed E-state index contributed by atoms with van der Waals surface area (Å²) in [4.78, 5) is 2.47. The van der Waals surface area contributed by atoms with Crippen LogP contribution in [-0.4, -0.2) is 17.3 Å². The number of nitrogens with zero attached hydrogens (tertiary/aromatic N) is 2. The van der Waals surface area contributed by atoms with Gasteiger partial charge in [0.2, 0.25) is 5.69 Å². The SMILES string of the molecule is C[N+]1=C(C=CC=C2N(Cc3ccc(CCl)cc3)c3ccccc3C2(C)C)C(C)(C)c2ccccc21.[Cl-]. The number of anilines is 1. The molecule has 36 heavy (non-hydrogen) atoms. The summed E-state index contributed by atoms with van der Waals surface area (Å²) in [6.45, 7) is 10.1. The van der Waals surface area contributed by atoms with Gasteiger partial charge in [-0.3, -0.25) is 0 Å². The van der Waals surface area contributed by atoms with Gasteiger partial charge >= 0.3 is 0 Å². The maximum absolute atomic E-state index is 6.02.